The van der Waals surface area contributed by atoms with E-state index in [1.54, 1.807) is 13.4 Å². The largest absolute Gasteiger partial charge is 0.493 e. The number of hydrogen-bond donors (Lipinski definition) is 0. The molecule has 0 bridgehead atoms. The van der Waals surface area contributed by atoms with Crippen LogP contribution in [0.3, 0.4) is 0 Å². The summed E-state index contributed by atoms with van der Waals surface area (Å²) < 4.78 is 17.1. The van der Waals surface area contributed by atoms with E-state index in [4.69, 9.17) is 13.9 Å². The molecule has 1 amide bonds. The van der Waals surface area contributed by atoms with E-state index in [1.807, 2.05) is 95.9 Å². The maximum absolute atomic E-state index is 13.2. The molecule has 4 aromatic rings. The van der Waals surface area contributed by atoms with Gasteiger partial charge in [0.1, 0.15) is 12.4 Å². The summed E-state index contributed by atoms with van der Waals surface area (Å²) in [6, 6.07) is 29.6. The molecular formula is C29H29NO4. The molecule has 0 unspecified atom stereocenters. The first-order valence-electron chi connectivity index (χ1n) is 11.4. The predicted molar refractivity (Wildman–Crippen MR) is 131 cm³/mol. The van der Waals surface area contributed by atoms with Gasteiger partial charge in [0.25, 0.3) is 0 Å². The zero-order chi connectivity index (χ0) is 23.6. The van der Waals surface area contributed by atoms with Crippen molar-refractivity contribution in [1.29, 1.82) is 0 Å². The van der Waals surface area contributed by atoms with E-state index in [0.717, 1.165) is 22.5 Å². The van der Waals surface area contributed by atoms with E-state index in [9.17, 15) is 4.79 Å². The van der Waals surface area contributed by atoms with Crippen LogP contribution < -0.4 is 9.47 Å². The number of aryl methyl sites for hydroxylation is 1. The van der Waals surface area contributed by atoms with Crippen LogP contribution >= 0.6 is 0 Å². The molecule has 1 aromatic heterocycles. The Morgan fingerprint density at radius 2 is 1.53 bits per heavy atom. The summed E-state index contributed by atoms with van der Waals surface area (Å²) in [6.07, 6.45) is 2.76. The molecule has 0 aliphatic rings. The summed E-state index contributed by atoms with van der Waals surface area (Å²) in [7, 11) is 1.63. The lowest BCUT2D eigenvalue weighted by atomic mass is 10.1. The molecule has 1 heterocycles. The summed E-state index contributed by atoms with van der Waals surface area (Å²) >= 11 is 0. The zero-order valence-corrected chi connectivity index (χ0v) is 19.4. The van der Waals surface area contributed by atoms with Crippen LogP contribution in [0.1, 0.15) is 28.9 Å². The van der Waals surface area contributed by atoms with Crippen molar-refractivity contribution in [2.75, 3.05) is 7.11 Å². The highest BCUT2D eigenvalue weighted by atomic mass is 16.5. The van der Waals surface area contributed by atoms with E-state index in [0.29, 0.717) is 44.0 Å². The molecule has 0 atom stereocenters. The van der Waals surface area contributed by atoms with E-state index < -0.39 is 0 Å². The van der Waals surface area contributed by atoms with Crippen LogP contribution in [-0.2, 0) is 30.9 Å². The molecule has 0 aliphatic carbocycles. The first-order valence-corrected chi connectivity index (χ1v) is 11.4. The van der Waals surface area contributed by atoms with Gasteiger partial charge in [0.05, 0.1) is 19.9 Å². The SMILES string of the molecule is COc1cc(CN(Cc2ccco2)C(=O)CCc2ccccc2)ccc1OCc1ccccc1. The number of rotatable bonds is 11. The minimum Gasteiger partial charge on any atom is -0.493 e. The zero-order valence-electron chi connectivity index (χ0n) is 19.4. The lowest BCUT2D eigenvalue weighted by Gasteiger charge is -2.23. The lowest BCUT2D eigenvalue weighted by Crippen LogP contribution is -2.30. The van der Waals surface area contributed by atoms with Crippen LogP contribution in [0, 0.1) is 0 Å². The first kappa shape index (κ1) is 23.2. The average Bonchev–Trinajstić information content (AvgIpc) is 3.40. The van der Waals surface area contributed by atoms with Crippen molar-refractivity contribution >= 4 is 5.91 Å². The summed E-state index contributed by atoms with van der Waals surface area (Å²) in [6.45, 7) is 1.32. The molecule has 4 rings (SSSR count). The van der Waals surface area contributed by atoms with Crippen LogP contribution in [-0.4, -0.2) is 17.9 Å². The number of furan rings is 1. The van der Waals surface area contributed by atoms with Crippen molar-refractivity contribution in [2.45, 2.75) is 32.5 Å². The highest BCUT2D eigenvalue weighted by molar-refractivity contribution is 5.76. The Balaban J connectivity index is 1.45. The third-order valence-corrected chi connectivity index (χ3v) is 5.59. The van der Waals surface area contributed by atoms with Gasteiger partial charge in [-0.05, 0) is 47.4 Å². The molecule has 5 heteroatoms. The van der Waals surface area contributed by atoms with Gasteiger partial charge >= 0.3 is 0 Å². The minimum absolute atomic E-state index is 0.0728. The summed E-state index contributed by atoms with van der Waals surface area (Å²) in [4.78, 5) is 15.0. The number of carbonyl (C=O) groups excluding carboxylic acids is 1. The van der Waals surface area contributed by atoms with Crippen LogP contribution in [0.2, 0.25) is 0 Å². The number of methoxy groups -OCH3 is 1. The number of ether oxygens (including phenoxy) is 2. The molecular weight excluding hydrogens is 426 g/mol. The quantitative estimate of drug-likeness (QED) is 0.277. The van der Waals surface area contributed by atoms with E-state index in [1.165, 1.54) is 0 Å². The summed E-state index contributed by atoms with van der Waals surface area (Å²) in [5, 5.41) is 0. The van der Waals surface area contributed by atoms with Crippen LogP contribution in [0.25, 0.3) is 0 Å². The topological polar surface area (TPSA) is 51.9 Å². The molecule has 3 aromatic carbocycles. The van der Waals surface area contributed by atoms with Crippen LogP contribution in [0.4, 0.5) is 0 Å². The van der Waals surface area contributed by atoms with Crippen LogP contribution in [0.15, 0.2) is 102 Å². The fourth-order valence-corrected chi connectivity index (χ4v) is 3.76. The standard InChI is InChI=1S/C29H29NO4/c1-32-28-19-25(14-16-27(28)34-22-24-11-6-3-7-12-24)20-30(21-26-13-8-18-33-26)29(31)17-15-23-9-4-2-5-10-23/h2-14,16,18-19H,15,17,20-22H2,1H3. The Labute approximate surface area is 200 Å². The summed E-state index contributed by atoms with van der Waals surface area (Å²) in [5.41, 5.74) is 3.20. The van der Waals surface area contributed by atoms with Gasteiger partial charge in [0, 0.05) is 13.0 Å². The maximum Gasteiger partial charge on any atom is 0.223 e. The number of amides is 1. The average molecular weight is 456 g/mol. The molecule has 0 spiro atoms. The monoisotopic (exact) mass is 455 g/mol. The van der Waals surface area contributed by atoms with Gasteiger partial charge in [0.2, 0.25) is 5.91 Å². The molecule has 174 valence electrons. The first-order chi connectivity index (χ1) is 16.7. The van der Waals surface area contributed by atoms with Gasteiger partial charge in [-0.2, -0.15) is 0 Å². The molecule has 5 nitrogen and oxygen atoms in total. The van der Waals surface area contributed by atoms with Crippen molar-refractivity contribution in [3.05, 3.63) is 120 Å². The molecule has 0 saturated carbocycles. The molecule has 0 radical (unpaired) electrons. The Hall–Kier alpha value is -3.99. The number of hydrogen-bond acceptors (Lipinski definition) is 4. The Bertz CT molecular complexity index is 1160. The lowest BCUT2D eigenvalue weighted by molar-refractivity contribution is -0.132. The van der Waals surface area contributed by atoms with Gasteiger partial charge in [0.15, 0.2) is 11.5 Å². The van der Waals surface area contributed by atoms with Crippen LogP contribution in [0.5, 0.6) is 11.5 Å². The fraction of sp³-hybridized carbons (Fsp3) is 0.207. The van der Waals surface area contributed by atoms with E-state index >= 15 is 0 Å². The Morgan fingerprint density at radius 1 is 0.794 bits per heavy atom. The van der Waals surface area contributed by atoms with Gasteiger partial charge in [-0.25, -0.2) is 0 Å². The highest BCUT2D eigenvalue weighted by Crippen LogP contribution is 2.29. The number of benzene rings is 3. The fourth-order valence-electron chi connectivity index (χ4n) is 3.76. The molecule has 0 fully saturated rings. The molecule has 0 aliphatic heterocycles. The smallest absolute Gasteiger partial charge is 0.223 e. The Morgan fingerprint density at radius 3 is 2.21 bits per heavy atom. The summed E-state index contributed by atoms with van der Waals surface area (Å²) in [5.74, 6) is 2.14. The van der Waals surface area contributed by atoms with Crippen molar-refractivity contribution in [1.82, 2.24) is 4.90 Å². The number of carbonyl (C=O) groups is 1. The van der Waals surface area contributed by atoms with Gasteiger partial charge in [-0.1, -0.05) is 66.7 Å². The second kappa shape index (κ2) is 11.8. The van der Waals surface area contributed by atoms with E-state index in [2.05, 4.69) is 0 Å². The van der Waals surface area contributed by atoms with Gasteiger partial charge in [-0.15, -0.1) is 0 Å². The highest BCUT2D eigenvalue weighted by Gasteiger charge is 2.17. The maximum atomic E-state index is 13.2. The van der Waals surface area contributed by atoms with E-state index in [-0.39, 0.29) is 5.91 Å². The van der Waals surface area contributed by atoms with Crippen molar-refractivity contribution in [2.24, 2.45) is 0 Å². The number of nitrogens with zero attached hydrogens (tertiary/aromatic N) is 1. The minimum atomic E-state index is 0.0728. The molecule has 0 N–H and O–H groups in total. The van der Waals surface area contributed by atoms with Gasteiger partial charge in [-0.3, -0.25) is 4.79 Å². The third-order valence-electron chi connectivity index (χ3n) is 5.59. The van der Waals surface area contributed by atoms with Crippen molar-refractivity contribution in [3.63, 3.8) is 0 Å². The second-order valence-electron chi connectivity index (χ2n) is 8.07. The van der Waals surface area contributed by atoms with Gasteiger partial charge < -0.3 is 18.8 Å². The normalized spacial score (nSPS) is 10.6. The molecule has 34 heavy (non-hydrogen) atoms. The van der Waals surface area contributed by atoms with Crippen molar-refractivity contribution < 1.29 is 18.7 Å². The predicted octanol–water partition coefficient (Wildman–Crippen LogP) is 6.03. The van der Waals surface area contributed by atoms with Crippen molar-refractivity contribution in [3.8, 4) is 11.5 Å². The molecule has 0 saturated heterocycles. The third kappa shape index (κ3) is 6.51. The Kier molecular flexibility index (Phi) is 8.01. The second-order valence-corrected chi connectivity index (χ2v) is 8.07.